The van der Waals surface area contributed by atoms with E-state index in [9.17, 15) is 28.8 Å². The standard InChI is InChI=1S/C30H31NO14S/c1-6-38-30(37)28-24(20-12-46-13-31-20)25(36)19-8-7-18(9-21(19)45-28)40-11-23-27(42-16(4)34)29(43-17(5)35)26(41-15(3)33)22(44-23)10-39-14(2)32/h7-9,12-13,22-23,26-27,29H,6,10-11H2,1-5H3/t22-,23+,26+,27+,29+/m1/s1. The predicted molar refractivity (Wildman–Crippen MR) is 157 cm³/mol. The molecule has 2 aromatic heterocycles. The van der Waals surface area contributed by atoms with Crippen molar-refractivity contribution in [3.63, 3.8) is 0 Å². The Hall–Kier alpha value is -4.83. The van der Waals surface area contributed by atoms with Crippen LogP contribution in [-0.4, -0.2) is 85.2 Å². The number of aromatic nitrogens is 1. The van der Waals surface area contributed by atoms with Gasteiger partial charge >= 0.3 is 29.8 Å². The number of nitrogens with zero attached hydrogens (tertiary/aromatic N) is 1. The van der Waals surface area contributed by atoms with Crippen LogP contribution in [0.5, 0.6) is 5.75 Å². The summed E-state index contributed by atoms with van der Waals surface area (Å²) >= 11 is 1.24. The molecule has 46 heavy (non-hydrogen) atoms. The molecule has 5 atom stereocenters. The first-order chi connectivity index (χ1) is 21.9. The van der Waals surface area contributed by atoms with Crippen LogP contribution in [-0.2, 0) is 47.6 Å². The minimum absolute atomic E-state index is 0.00563. The lowest BCUT2D eigenvalue weighted by atomic mass is 9.94. The second kappa shape index (κ2) is 15.0. The van der Waals surface area contributed by atoms with E-state index in [0.29, 0.717) is 0 Å². The van der Waals surface area contributed by atoms with Gasteiger partial charge in [-0.1, -0.05) is 0 Å². The Morgan fingerprint density at radius 2 is 1.48 bits per heavy atom. The number of ether oxygens (including phenoxy) is 7. The number of carbonyl (C=O) groups excluding carboxylic acids is 5. The first-order valence-electron chi connectivity index (χ1n) is 14.0. The van der Waals surface area contributed by atoms with Gasteiger partial charge in [-0.15, -0.1) is 11.3 Å². The Morgan fingerprint density at radius 1 is 0.848 bits per heavy atom. The monoisotopic (exact) mass is 661 g/mol. The van der Waals surface area contributed by atoms with E-state index in [1.165, 1.54) is 42.0 Å². The summed E-state index contributed by atoms with van der Waals surface area (Å²) < 4.78 is 44.3. The van der Waals surface area contributed by atoms with Crippen LogP contribution in [0.4, 0.5) is 0 Å². The highest BCUT2D eigenvalue weighted by molar-refractivity contribution is 7.07. The number of carbonyl (C=O) groups is 5. The molecule has 246 valence electrons. The molecule has 1 aliphatic heterocycles. The number of esters is 5. The molecule has 0 amide bonds. The van der Waals surface area contributed by atoms with Crippen molar-refractivity contribution >= 4 is 52.2 Å². The quantitative estimate of drug-likeness (QED) is 0.215. The maximum absolute atomic E-state index is 13.5. The summed E-state index contributed by atoms with van der Waals surface area (Å²) in [5.74, 6) is -3.97. The molecule has 1 saturated heterocycles. The molecule has 0 radical (unpaired) electrons. The molecule has 3 aromatic rings. The predicted octanol–water partition coefficient (Wildman–Crippen LogP) is 2.60. The lowest BCUT2D eigenvalue weighted by molar-refractivity contribution is -0.255. The second-order valence-corrected chi connectivity index (χ2v) is 10.7. The molecular weight excluding hydrogens is 630 g/mol. The van der Waals surface area contributed by atoms with Crippen molar-refractivity contribution in [1.29, 1.82) is 0 Å². The van der Waals surface area contributed by atoms with Crippen LogP contribution >= 0.6 is 11.3 Å². The van der Waals surface area contributed by atoms with Crippen molar-refractivity contribution in [2.24, 2.45) is 0 Å². The molecule has 0 spiro atoms. The van der Waals surface area contributed by atoms with Crippen molar-refractivity contribution in [3.05, 3.63) is 45.1 Å². The Balaban J connectivity index is 1.69. The minimum Gasteiger partial charge on any atom is -0.491 e. The number of thiazole rings is 1. The Kier molecular flexibility index (Phi) is 11.1. The summed E-state index contributed by atoms with van der Waals surface area (Å²) in [6.07, 6.45) is -6.30. The van der Waals surface area contributed by atoms with E-state index >= 15 is 0 Å². The molecule has 16 heteroatoms. The molecule has 1 aromatic carbocycles. The smallest absolute Gasteiger partial charge is 0.375 e. The number of benzene rings is 1. The van der Waals surface area contributed by atoms with Crippen molar-refractivity contribution in [3.8, 4) is 17.0 Å². The highest BCUT2D eigenvalue weighted by atomic mass is 32.1. The van der Waals surface area contributed by atoms with Crippen LogP contribution in [0.1, 0.15) is 45.2 Å². The van der Waals surface area contributed by atoms with E-state index in [0.717, 1.165) is 20.8 Å². The van der Waals surface area contributed by atoms with E-state index in [1.54, 1.807) is 12.3 Å². The van der Waals surface area contributed by atoms with Crippen molar-refractivity contribution in [2.45, 2.75) is 65.1 Å². The number of hydrogen-bond donors (Lipinski definition) is 0. The number of rotatable bonds is 11. The van der Waals surface area contributed by atoms with Gasteiger partial charge in [0.05, 0.1) is 28.8 Å². The van der Waals surface area contributed by atoms with Gasteiger partial charge in [-0.25, -0.2) is 9.78 Å². The second-order valence-electron chi connectivity index (χ2n) is 9.94. The number of fused-ring (bicyclic) bond motifs is 1. The zero-order chi connectivity index (χ0) is 33.5. The van der Waals surface area contributed by atoms with Gasteiger partial charge in [0.25, 0.3) is 0 Å². The first kappa shape index (κ1) is 34.1. The van der Waals surface area contributed by atoms with Crippen LogP contribution < -0.4 is 10.2 Å². The molecule has 0 aliphatic carbocycles. The molecule has 1 aliphatic rings. The largest absolute Gasteiger partial charge is 0.491 e. The van der Waals surface area contributed by atoms with Gasteiger partial charge in [-0.05, 0) is 19.1 Å². The zero-order valence-electron chi connectivity index (χ0n) is 25.5. The normalized spacial score (nSPS) is 20.8. The summed E-state index contributed by atoms with van der Waals surface area (Å²) in [6, 6.07) is 4.28. The van der Waals surface area contributed by atoms with Crippen molar-refractivity contribution in [2.75, 3.05) is 19.8 Å². The fraction of sp³-hybridized carbons (Fsp3) is 0.433. The van der Waals surface area contributed by atoms with Gasteiger partial charge in [-0.2, -0.15) is 0 Å². The molecular formula is C30H31NO14S. The Bertz CT molecular complexity index is 1670. The highest BCUT2D eigenvalue weighted by Gasteiger charge is 2.52. The highest BCUT2D eigenvalue weighted by Crippen LogP contribution is 2.31. The van der Waals surface area contributed by atoms with Gasteiger partial charge in [0, 0.05) is 39.1 Å². The van der Waals surface area contributed by atoms with Gasteiger partial charge < -0.3 is 37.6 Å². The average Bonchev–Trinajstić information content (AvgIpc) is 3.51. The summed E-state index contributed by atoms with van der Waals surface area (Å²) in [4.78, 5) is 78.1. The van der Waals surface area contributed by atoms with E-state index in [1.807, 2.05) is 0 Å². The topological polar surface area (TPSA) is 193 Å². The Morgan fingerprint density at radius 3 is 2.04 bits per heavy atom. The van der Waals surface area contributed by atoms with Crippen molar-refractivity contribution in [1.82, 2.24) is 4.98 Å². The third-order valence-electron chi connectivity index (χ3n) is 6.51. The minimum atomic E-state index is -1.36. The van der Waals surface area contributed by atoms with Crippen LogP contribution in [0.15, 0.2) is 38.3 Å². The van der Waals surface area contributed by atoms with Crippen LogP contribution in [0.2, 0.25) is 0 Å². The van der Waals surface area contributed by atoms with Gasteiger partial charge in [0.1, 0.15) is 36.8 Å². The fourth-order valence-corrected chi connectivity index (χ4v) is 5.35. The van der Waals surface area contributed by atoms with Gasteiger partial charge in [-0.3, -0.25) is 24.0 Å². The van der Waals surface area contributed by atoms with Crippen LogP contribution in [0.25, 0.3) is 22.2 Å². The van der Waals surface area contributed by atoms with Gasteiger partial charge in [0.15, 0.2) is 18.3 Å². The molecule has 0 bridgehead atoms. The zero-order valence-corrected chi connectivity index (χ0v) is 26.3. The van der Waals surface area contributed by atoms with E-state index in [2.05, 4.69) is 4.98 Å². The molecule has 3 heterocycles. The summed E-state index contributed by atoms with van der Waals surface area (Å²) in [7, 11) is 0. The molecule has 0 saturated carbocycles. The lowest BCUT2D eigenvalue weighted by Crippen LogP contribution is -2.63. The fourth-order valence-electron chi connectivity index (χ4n) is 4.80. The molecule has 0 N–H and O–H groups in total. The van der Waals surface area contributed by atoms with Gasteiger partial charge in [0.2, 0.25) is 11.2 Å². The van der Waals surface area contributed by atoms with Crippen LogP contribution in [0, 0.1) is 0 Å². The van der Waals surface area contributed by atoms with E-state index in [4.69, 9.17) is 37.6 Å². The Labute approximate surface area is 265 Å². The van der Waals surface area contributed by atoms with E-state index in [-0.39, 0.29) is 47.0 Å². The lowest BCUT2D eigenvalue weighted by Gasteiger charge is -2.44. The first-order valence-corrected chi connectivity index (χ1v) is 14.9. The third-order valence-corrected chi connectivity index (χ3v) is 7.10. The molecule has 1 fully saturated rings. The maximum Gasteiger partial charge on any atom is 0.375 e. The maximum atomic E-state index is 13.5. The summed E-state index contributed by atoms with van der Waals surface area (Å²) in [5.41, 5.74) is 1.22. The molecule has 4 rings (SSSR count). The molecule has 15 nitrogen and oxygen atoms in total. The summed E-state index contributed by atoms with van der Waals surface area (Å²) in [6.45, 7) is 5.45. The molecule has 0 unspecified atom stereocenters. The third kappa shape index (κ3) is 8.06. The average molecular weight is 662 g/mol. The number of hydrogen-bond acceptors (Lipinski definition) is 16. The SMILES string of the molecule is CCOC(=O)c1oc2cc(OC[C@@H]3O[C@H](COC(C)=O)[C@H](OC(C)=O)[C@H](OC(C)=O)[C@H]3OC(C)=O)ccc2c(=O)c1-c1cscn1. The van der Waals surface area contributed by atoms with Crippen LogP contribution in [0.3, 0.4) is 0 Å². The van der Waals surface area contributed by atoms with E-state index < -0.39 is 72.4 Å². The summed E-state index contributed by atoms with van der Waals surface area (Å²) in [5, 5.41) is 1.74. The van der Waals surface area contributed by atoms with Crippen molar-refractivity contribution < 1.29 is 61.5 Å².